The first-order valence-corrected chi connectivity index (χ1v) is 34.4. The van der Waals surface area contributed by atoms with Crippen molar-refractivity contribution in [3.05, 3.63) is 113 Å². The molecule has 0 amide bonds. The van der Waals surface area contributed by atoms with Crippen molar-refractivity contribution in [2.24, 2.45) is 0 Å². The molecule has 12 rings (SSSR count). The van der Waals surface area contributed by atoms with Crippen LogP contribution in [0.3, 0.4) is 0 Å². The first kappa shape index (κ1) is 82.3. The number of aromatic hydroxyl groups is 6. The van der Waals surface area contributed by atoms with Gasteiger partial charge in [0.05, 0.1) is 37.7 Å². The van der Waals surface area contributed by atoms with Crippen molar-refractivity contribution in [2.75, 3.05) is 33.0 Å². The Balaban J connectivity index is 0.667. The largest absolute Gasteiger partial charge is 0.508 e. The van der Waals surface area contributed by atoms with Gasteiger partial charge in [-0.3, -0.25) is 14.4 Å². The second kappa shape index (κ2) is 34.7. The van der Waals surface area contributed by atoms with Gasteiger partial charge in [-0.15, -0.1) is 0 Å². The van der Waals surface area contributed by atoms with Crippen LogP contribution < -0.4 is 29.1 Å². The molecule has 41 nitrogen and oxygen atoms in total. The summed E-state index contributed by atoms with van der Waals surface area (Å²) in [4.78, 5) is 53.1. The van der Waals surface area contributed by atoms with E-state index in [1.54, 1.807) is 0 Å². The minimum Gasteiger partial charge on any atom is -0.508 e. The Bertz CT molecular complexity index is 4610. The standard InChI is InChI=1S/C72H76O41/c73-20-41-51(85)56(90)64(98)72(109-41)113-67-55(89)48-34(76)16-31(104-68-60(94)50(84)37(79)21-102-68)18-39(48)107-66(67)26-4-8-29(9-5-26)103-69-61(95)57(91)52(86)42(110-69)22-100-46(81)11-12-47(82)101-23-43-53(87)58(92)62(96)70(111-43)105-30-15-33(75)32-19-40(65(106-38(32)17-30)27-13-35(77)49(83)36(78)14-27)108-71-63(97)59(93)54(88)44(112-71)24-99-45(80)10-3-25-1-6-28(74)7-2-25/h1-10,13-19,37,41-44,50-54,56-64,68-73,79,84-88,90-98H,11-12,20-24H2,(H5-,74,75,76,77,78,80,83,89)/p+1/t37-,41+,42+,43+,44-,50-,51-,52-,53-,54-,56+,57+,58+,59+,60-,61-,62-,63-,64+,68-,69-,70-,71-,72+/m1/s1. The molecule has 0 spiro atoms. The predicted molar refractivity (Wildman–Crippen MR) is 366 cm³/mol. The molecule has 113 heavy (non-hydrogen) atoms. The van der Waals surface area contributed by atoms with Gasteiger partial charge in [-0.2, -0.15) is 0 Å². The summed E-state index contributed by atoms with van der Waals surface area (Å²) in [6, 6.07) is 17.5. The van der Waals surface area contributed by atoms with Crippen LogP contribution in [-0.2, 0) is 52.3 Å². The van der Waals surface area contributed by atoms with Crippen LogP contribution in [0.2, 0.25) is 0 Å². The van der Waals surface area contributed by atoms with Gasteiger partial charge in [0, 0.05) is 48.0 Å². The number of phenolic OH excluding ortho intramolecular Hbond substituents is 6. The maximum Gasteiger partial charge on any atom is 0.402 e. The fourth-order valence-electron chi connectivity index (χ4n) is 12.4. The predicted octanol–water partition coefficient (Wildman–Crippen LogP) is -4.23. The molecule has 41 heteroatoms. The Labute approximate surface area is 633 Å². The number of carbonyl (C=O) groups is 3. The van der Waals surface area contributed by atoms with Gasteiger partial charge in [0.25, 0.3) is 0 Å². The highest BCUT2D eigenvalue weighted by Gasteiger charge is 2.51. The van der Waals surface area contributed by atoms with Crippen molar-refractivity contribution in [1.82, 2.24) is 0 Å². The Hall–Kier alpha value is -10.2. The van der Waals surface area contributed by atoms with Crippen LogP contribution in [0.4, 0.5) is 0 Å². The number of aliphatic hydroxyl groups excluding tert-OH is 16. The van der Waals surface area contributed by atoms with Crippen LogP contribution in [0.5, 0.6) is 63.2 Å². The van der Waals surface area contributed by atoms with E-state index in [9.17, 15) is 132 Å². The molecule has 24 atom stereocenters. The molecule has 0 saturated carbocycles. The Morgan fingerprint density at radius 1 is 0.460 bits per heavy atom. The van der Waals surface area contributed by atoms with E-state index in [4.69, 9.17) is 70.4 Å². The van der Waals surface area contributed by atoms with E-state index < -0.39 is 285 Å². The van der Waals surface area contributed by atoms with Crippen molar-refractivity contribution >= 4 is 45.9 Å². The lowest BCUT2D eigenvalue weighted by Gasteiger charge is -2.40. The molecule has 5 saturated heterocycles. The number of rotatable bonds is 24. The van der Waals surface area contributed by atoms with Gasteiger partial charge in [-0.05, 0) is 48.0 Å². The highest BCUT2D eigenvalue weighted by Crippen LogP contribution is 2.47. The molecule has 5 aliphatic heterocycles. The minimum atomic E-state index is -2.07. The fourth-order valence-corrected chi connectivity index (χ4v) is 12.4. The first-order valence-electron chi connectivity index (χ1n) is 34.4. The SMILES string of the molecule is O=C(/C=C/c1ccc(O)cc1)OC[C@H]1O[C@@H](Oc2cc3c(O)cc(O[C@@H]4O[C@@H](COC(=O)CCC(=O)OC[C@@H]5O[C@@H](Oc6ccc(-c7oc8cc(O[C@H]9OC[C@@H](O)[C@@H](O)[C@H]9O)cc(O)c8c(=O)c7O[C@@H]7O[C@@H](CO)[C@@H](O)[C@H](O)[C@@H]7O)cc6)[C@H](O)[C@@H](O)[C@@H]5O)[C@@H](O)[C@H](O)[C@H]4O)cc3[o+]c2-c2cc(O)c(O)c(O)c2)[C@H](O)[C@@H](O)[C@@H]1O. The summed E-state index contributed by atoms with van der Waals surface area (Å²) in [5.41, 5.74) is -1.69. The van der Waals surface area contributed by atoms with Crippen molar-refractivity contribution in [2.45, 2.75) is 160 Å². The van der Waals surface area contributed by atoms with E-state index >= 15 is 0 Å². The summed E-state index contributed by atoms with van der Waals surface area (Å²) in [5.74, 6) is -10.5. The van der Waals surface area contributed by atoms with E-state index in [-0.39, 0.29) is 39.3 Å². The number of esters is 3. The van der Waals surface area contributed by atoms with Crippen LogP contribution in [-0.4, -0.2) is 311 Å². The molecule has 610 valence electrons. The first-order chi connectivity index (χ1) is 53.7. The summed E-state index contributed by atoms with van der Waals surface area (Å²) in [6.45, 7) is -3.77. The number of aliphatic hydroxyl groups is 16. The fraction of sp³-hybridized carbons (Fsp3) is 0.431. The number of ether oxygens (including phenoxy) is 13. The summed E-state index contributed by atoms with van der Waals surface area (Å²) in [6.07, 6.45) is -43.6. The second-order valence-electron chi connectivity index (χ2n) is 26.6. The lowest BCUT2D eigenvalue weighted by atomic mass is 9.99. The monoisotopic (exact) mass is 1600 g/mol. The number of hydrogen-bond donors (Lipinski definition) is 22. The molecular formula is C72H77O41+. The minimum absolute atomic E-state index is 0.0227. The van der Waals surface area contributed by atoms with Gasteiger partial charge in [-0.1, -0.05) is 12.1 Å². The molecule has 2 aromatic heterocycles. The van der Waals surface area contributed by atoms with Crippen LogP contribution in [0.15, 0.2) is 111 Å². The van der Waals surface area contributed by atoms with Gasteiger partial charge in [0.2, 0.25) is 48.4 Å². The maximum atomic E-state index is 14.4. The van der Waals surface area contributed by atoms with Crippen molar-refractivity contribution in [1.29, 1.82) is 0 Å². The van der Waals surface area contributed by atoms with Crippen LogP contribution in [0, 0.1) is 0 Å². The number of benzene rings is 5. The summed E-state index contributed by atoms with van der Waals surface area (Å²) in [5, 5.41) is 233. The highest BCUT2D eigenvalue weighted by atomic mass is 16.7. The molecule has 22 N–H and O–H groups in total. The maximum absolute atomic E-state index is 14.4. The summed E-state index contributed by atoms with van der Waals surface area (Å²) < 4.78 is 84.8. The van der Waals surface area contributed by atoms with Crippen molar-refractivity contribution in [3.8, 4) is 85.9 Å². The zero-order valence-corrected chi connectivity index (χ0v) is 58.2. The van der Waals surface area contributed by atoms with Gasteiger partial charge in [0.1, 0.15) is 187 Å². The van der Waals surface area contributed by atoms with Gasteiger partial charge in [-0.25, -0.2) is 9.21 Å². The molecule has 0 unspecified atom stereocenters. The van der Waals surface area contributed by atoms with E-state index in [2.05, 4.69) is 0 Å². The lowest BCUT2D eigenvalue weighted by Crippen LogP contribution is -2.60. The highest BCUT2D eigenvalue weighted by molar-refractivity contribution is 5.90. The average Bonchev–Trinajstić information content (AvgIpc) is 0.755. The summed E-state index contributed by atoms with van der Waals surface area (Å²) >= 11 is 0. The van der Waals surface area contributed by atoms with E-state index in [0.717, 1.165) is 48.5 Å². The average molecular weight is 1600 g/mol. The molecule has 7 heterocycles. The number of carbonyl (C=O) groups excluding carboxylic acids is 3. The summed E-state index contributed by atoms with van der Waals surface area (Å²) in [7, 11) is 0. The number of hydrogen-bond acceptors (Lipinski definition) is 40. The zero-order chi connectivity index (χ0) is 81.3. The third-order valence-corrected chi connectivity index (χ3v) is 18.7. The molecule has 5 aliphatic rings. The van der Waals surface area contributed by atoms with Crippen LogP contribution in [0.25, 0.3) is 50.7 Å². The molecule has 7 aromatic rings. The molecule has 5 aromatic carbocycles. The molecule has 0 bridgehead atoms. The lowest BCUT2D eigenvalue weighted by molar-refractivity contribution is -0.278. The Morgan fingerprint density at radius 3 is 1.50 bits per heavy atom. The van der Waals surface area contributed by atoms with Crippen molar-refractivity contribution < 1.29 is 197 Å². The topological polar surface area (TPSA) is 658 Å². The molecular weight excluding hydrogens is 1520 g/mol. The van der Waals surface area contributed by atoms with Gasteiger partial charge >= 0.3 is 29.3 Å². The van der Waals surface area contributed by atoms with E-state index in [1.807, 2.05) is 0 Å². The second-order valence-corrected chi connectivity index (χ2v) is 26.6. The third kappa shape index (κ3) is 17.9. The molecule has 0 radical (unpaired) electrons. The van der Waals surface area contributed by atoms with Crippen LogP contribution in [0.1, 0.15) is 18.4 Å². The molecule has 0 aliphatic carbocycles. The third-order valence-electron chi connectivity index (χ3n) is 18.7. The smallest absolute Gasteiger partial charge is 0.402 e. The number of phenols is 6. The van der Waals surface area contributed by atoms with Crippen LogP contribution >= 0.6 is 0 Å². The van der Waals surface area contributed by atoms with Gasteiger partial charge in [0.15, 0.2) is 23.0 Å². The quantitative estimate of drug-likeness (QED) is 0.00896. The van der Waals surface area contributed by atoms with Crippen molar-refractivity contribution in [3.63, 3.8) is 0 Å². The van der Waals surface area contributed by atoms with E-state index in [0.29, 0.717) is 5.56 Å². The normalized spacial score (nSPS) is 31.3. The molecule has 5 fully saturated rings. The van der Waals surface area contributed by atoms with E-state index in [1.165, 1.54) is 54.6 Å². The Kier molecular flexibility index (Phi) is 25.2. The zero-order valence-electron chi connectivity index (χ0n) is 58.2. The van der Waals surface area contributed by atoms with Gasteiger partial charge < -0.3 is 178 Å². The number of fused-ring (bicyclic) bond motifs is 2. The Morgan fingerprint density at radius 2 is 0.938 bits per heavy atom.